The molecule has 0 saturated heterocycles. The van der Waals surface area contributed by atoms with Gasteiger partial charge in [0, 0.05) is 31.2 Å². The highest BCUT2D eigenvalue weighted by Crippen LogP contribution is 2.38. The molecule has 0 fully saturated rings. The predicted molar refractivity (Wildman–Crippen MR) is 178 cm³/mol. The number of rotatable bonds is 10. The number of carbonyl (C=O) groups is 1. The predicted octanol–water partition coefficient (Wildman–Crippen LogP) is 7.24. The minimum absolute atomic E-state index is 0.181. The van der Waals surface area contributed by atoms with Crippen LogP contribution < -0.4 is 24.4 Å². The molecule has 0 radical (unpaired) electrons. The molecule has 0 spiro atoms. The summed E-state index contributed by atoms with van der Waals surface area (Å²) in [7, 11) is 1.56. The molecule has 44 heavy (non-hydrogen) atoms. The summed E-state index contributed by atoms with van der Waals surface area (Å²) in [4.78, 5) is 33.1. The second-order valence-electron chi connectivity index (χ2n) is 9.86. The normalized spacial score (nSPS) is 14.7. The maximum Gasteiger partial charge on any atom is 0.338 e. The van der Waals surface area contributed by atoms with Crippen LogP contribution in [0.3, 0.4) is 0 Å². The van der Waals surface area contributed by atoms with Crippen LogP contribution in [0.1, 0.15) is 49.4 Å². The Morgan fingerprint density at radius 3 is 2.59 bits per heavy atom. The van der Waals surface area contributed by atoms with E-state index in [4.69, 9.17) is 42.4 Å². The fourth-order valence-electron chi connectivity index (χ4n) is 5.01. The molecule has 3 aromatic carbocycles. The number of thiazole rings is 1. The lowest BCUT2D eigenvalue weighted by molar-refractivity contribution is -0.139. The number of benzene rings is 3. The van der Waals surface area contributed by atoms with E-state index in [1.54, 1.807) is 55.0 Å². The number of halogens is 3. The molecule has 1 aliphatic heterocycles. The molecule has 7 nitrogen and oxygen atoms in total. The average Bonchev–Trinajstić information content (AvgIpc) is 3.31. The molecule has 0 saturated carbocycles. The molecule has 0 amide bonds. The summed E-state index contributed by atoms with van der Waals surface area (Å²) in [6.07, 6.45) is 3.01. The van der Waals surface area contributed by atoms with Crippen molar-refractivity contribution in [2.24, 2.45) is 4.99 Å². The molecule has 0 aliphatic carbocycles. The smallest absolute Gasteiger partial charge is 0.338 e. The van der Waals surface area contributed by atoms with E-state index in [0.717, 1.165) is 16.5 Å². The Balaban J connectivity index is 1.70. The van der Waals surface area contributed by atoms with Gasteiger partial charge in [-0.3, -0.25) is 9.36 Å². The first-order chi connectivity index (χ1) is 21.2. The van der Waals surface area contributed by atoms with Crippen molar-refractivity contribution in [3.8, 4) is 11.5 Å². The molecule has 4 aromatic rings. The van der Waals surface area contributed by atoms with E-state index in [1.165, 1.54) is 11.3 Å². The Labute approximate surface area is 277 Å². The zero-order valence-electron chi connectivity index (χ0n) is 24.2. The quantitative estimate of drug-likeness (QED) is 0.162. The van der Waals surface area contributed by atoms with E-state index in [2.05, 4.69) is 15.9 Å². The molecule has 0 unspecified atom stereocenters. The third-order valence-electron chi connectivity index (χ3n) is 6.98. The lowest BCUT2D eigenvalue weighted by Crippen LogP contribution is -2.40. The number of carbonyl (C=O) groups excluding carboxylic acids is 1. The Bertz CT molecular complexity index is 1930. The standard InChI is InChI=1S/C33H29BrCl2N2O5S/c1-4-8-25-29(32(40)42-5-2)30(23-17-21(34)11-13-27(23)41-3)38-31(39)28(44-33(38)37-25)16-20-15-22(35)12-14-26(20)43-18-19-9-6-7-10-24(19)36/h6-7,9-17,30H,4-5,8,18H2,1-3H3/b28-16+/t30-/m1/s1. The van der Waals surface area contributed by atoms with Crippen molar-refractivity contribution in [2.45, 2.75) is 39.3 Å². The third-order valence-corrected chi connectivity index (χ3v) is 9.06. The summed E-state index contributed by atoms with van der Waals surface area (Å²) in [5.74, 6) is 0.535. The number of ether oxygens (including phenoxy) is 3. The Hall–Kier alpha value is -3.37. The van der Waals surface area contributed by atoms with Crippen LogP contribution in [-0.4, -0.2) is 24.3 Å². The largest absolute Gasteiger partial charge is 0.496 e. The van der Waals surface area contributed by atoms with Crippen molar-refractivity contribution in [3.05, 3.63) is 123 Å². The Kier molecular flexibility index (Phi) is 10.3. The van der Waals surface area contributed by atoms with Gasteiger partial charge in [-0.05, 0) is 61.9 Å². The minimum atomic E-state index is -0.822. The van der Waals surface area contributed by atoms with Gasteiger partial charge in [-0.15, -0.1) is 0 Å². The van der Waals surface area contributed by atoms with E-state index >= 15 is 0 Å². The summed E-state index contributed by atoms with van der Waals surface area (Å²) in [6.45, 7) is 4.17. The number of methoxy groups -OCH3 is 1. The Morgan fingerprint density at radius 1 is 1.09 bits per heavy atom. The molecule has 1 aromatic heterocycles. The number of hydrogen-bond acceptors (Lipinski definition) is 7. The van der Waals surface area contributed by atoms with Gasteiger partial charge in [0.15, 0.2) is 4.80 Å². The highest BCUT2D eigenvalue weighted by atomic mass is 79.9. The van der Waals surface area contributed by atoms with Gasteiger partial charge >= 0.3 is 5.97 Å². The second-order valence-corrected chi connectivity index (χ2v) is 12.6. The van der Waals surface area contributed by atoms with Gasteiger partial charge in [-0.25, -0.2) is 9.79 Å². The van der Waals surface area contributed by atoms with E-state index < -0.39 is 12.0 Å². The minimum Gasteiger partial charge on any atom is -0.496 e. The number of nitrogens with zero attached hydrogens (tertiary/aromatic N) is 2. The zero-order chi connectivity index (χ0) is 31.4. The molecular weight excluding hydrogens is 687 g/mol. The van der Waals surface area contributed by atoms with Crippen LogP contribution in [0.2, 0.25) is 10.0 Å². The maximum absolute atomic E-state index is 14.3. The first-order valence-corrected chi connectivity index (χ1v) is 16.3. The van der Waals surface area contributed by atoms with E-state index in [1.807, 2.05) is 37.3 Å². The lowest BCUT2D eigenvalue weighted by atomic mass is 9.93. The second kappa shape index (κ2) is 14.2. The van der Waals surface area contributed by atoms with Crippen LogP contribution in [-0.2, 0) is 16.1 Å². The molecule has 0 N–H and O–H groups in total. The van der Waals surface area contributed by atoms with Crippen molar-refractivity contribution in [1.82, 2.24) is 4.57 Å². The molecule has 0 bridgehead atoms. The number of allylic oxidation sites excluding steroid dienone is 1. The SMILES string of the molecule is CCCC1=C(C(=O)OCC)[C@@H](c2cc(Br)ccc2OC)n2c(s/c(=C/c3cc(Cl)ccc3OCc3ccccc3Cl)c2=O)=N1. The summed E-state index contributed by atoms with van der Waals surface area (Å²) in [6, 6.07) is 17.3. The average molecular weight is 716 g/mol. The van der Waals surface area contributed by atoms with Crippen LogP contribution >= 0.6 is 50.5 Å². The van der Waals surface area contributed by atoms with Crippen molar-refractivity contribution < 1.29 is 19.0 Å². The maximum atomic E-state index is 14.3. The summed E-state index contributed by atoms with van der Waals surface area (Å²) < 4.78 is 20.1. The topological polar surface area (TPSA) is 79.1 Å². The van der Waals surface area contributed by atoms with Gasteiger partial charge in [0.1, 0.15) is 24.1 Å². The third kappa shape index (κ3) is 6.66. The van der Waals surface area contributed by atoms with Crippen molar-refractivity contribution >= 4 is 62.5 Å². The molecule has 11 heteroatoms. The van der Waals surface area contributed by atoms with Gasteiger partial charge < -0.3 is 14.2 Å². The lowest BCUT2D eigenvalue weighted by Gasteiger charge is -2.27. The Morgan fingerprint density at radius 2 is 1.86 bits per heavy atom. The van der Waals surface area contributed by atoms with E-state index in [-0.39, 0.29) is 18.8 Å². The summed E-state index contributed by atoms with van der Waals surface area (Å²) in [5, 5.41) is 1.08. The van der Waals surface area contributed by atoms with Gasteiger partial charge in [-0.1, -0.05) is 82.0 Å². The fraction of sp³-hybridized carbons (Fsp3) is 0.242. The highest BCUT2D eigenvalue weighted by Gasteiger charge is 2.36. The first-order valence-electron chi connectivity index (χ1n) is 14.0. The number of hydrogen-bond donors (Lipinski definition) is 0. The molecule has 2 heterocycles. The van der Waals surface area contributed by atoms with Crippen LogP contribution in [0.25, 0.3) is 6.08 Å². The molecular formula is C33H29BrCl2N2O5S. The summed E-state index contributed by atoms with van der Waals surface area (Å²) in [5.41, 5.74) is 2.65. The molecule has 1 atom stereocenters. The van der Waals surface area contributed by atoms with Crippen LogP contribution in [0.5, 0.6) is 11.5 Å². The first kappa shape index (κ1) is 32.0. The van der Waals surface area contributed by atoms with Gasteiger partial charge in [-0.2, -0.15) is 0 Å². The van der Waals surface area contributed by atoms with Gasteiger partial charge in [0.25, 0.3) is 5.56 Å². The molecule has 5 rings (SSSR count). The van der Waals surface area contributed by atoms with Crippen molar-refractivity contribution in [2.75, 3.05) is 13.7 Å². The van der Waals surface area contributed by atoms with Crippen molar-refractivity contribution in [3.63, 3.8) is 0 Å². The fourth-order valence-corrected chi connectivity index (χ4v) is 6.77. The highest BCUT2D eigenvalue weighted by molar-refractivity contribution is 9.10. The number of aromatic nitrogens is 1. The van der Waals surface area contributed by atoms with Gasteiger partial charge in [0.05, 0.1) is 29.5 Å². The van der Waals surface area contributed by atoms with E-state index in [0.29, 0.717) is 59.7 Å². The molecule has 1 aliphatic rings. The monoisotopic (exact) mass is 714 g/mol. The van der Waals surface area contributed by atoms with Crippen molar-refractivity contribution in [1.29, 1.82) is 0 Å². The van der Waals surface area contributed by atoms with Gasteiger partial charge in [0.2, 0.25) is 0 Å². The number of fused-ring (bicyclic) bond motifs is 1. The van der Waals surface area contributed by atoms with E-state index in [9.17, 15) is 9.59 Å². The zero-order valence-corrected chi connectivity index (χ0v) is 28.1. The van der Waals surface area contributed by atoms with Crippen LogP contribution in [0, 0.1) is 0 Å². The van der Waals surface area contributed by atoms with Crippen LogP contribution in [0.15, 0.2) is 86.2 Å². The number of esters is 1. The molecule has 228 valence electrons. The summed E-state index contributed by atoms with van der Waals surface area (Å²) >= 11 is 17.5. The van der Waals surface area contributed by atoms with Crippen LogP contribution in [0.4, 0.5) is 0 Å².